The minimum absolute atomic E-state index is 0.0460. The van der Waals surface area contributed by atoms with Crippen molar-refractivity contribution in [2.75, 3.05) is 12.0 Å². The molecule has 17 heavy (non-hydrogen) atoms. The number of hydrogen-bond acceptors (Lipinski definition) is 8. The topological polar surface area (TPSA) is 108 Å². The van der Waals surface area contributed by atoms with Crippen molar-refractivity contribution >= 4 is 34.0 Å². The molecule has 0 aliphatic rings. The third kappa shape index (κ3) is 2.50. The third-order valence-corrected chi connectivity index (χ3v) is 3.39. The Balaban J connectivity index is 2.44. The first kappa shape index (κ1) is 11.7. The number of aromatic nitrogens is 3. The molecule has 0 aliphatic carbocycles. The van der Waals surface area contributed by atoms with Crippen molar-refractivity contribution in [3.05, 3.63) is 22.2 Å². The average Bonchev–Trinajstić information content (AvgIpc) is 2.77. The van der Waals surface area contributed by atoms with Crippen LogP contribution in [0.1, 0.15) is 0 Å². The molecule has 2 rings (SSSR count). The molecule has 2 aromatic heterocycles. The van der Waals surface area contributed by atoms with Crippen LogP contribution in [0.5, 0.6) is 0 Å². The summed E-state index contributed by atoms with van der Waals surface area (Å²) in [5.74, 6) is 0.468. The Hall–Kier alpha value is -1.74. The second kappa shape index (κ2) is 4.63. The Labute approximate surface area is 104 Å². The third-order valence-electron chi connectivity index (χ3n) is 1.81. The van der Waals surface area contributed by atoms with Gasteiger partial charge in [-0.3, -0.25) is 10.1 Å². The lowest BCUT2D eigenvalue weighted by molar-refractivity contribution is -0.380. The lowest BCUT2D eigenvalue weighted by Crippen LogP contribution is -2.00. The zero-order chi connectivity index (χ0) is 12.4. The molecule has 9 heteroatoms. The largest absolute Gasteiger partial charge is 0.368 e. The van der Waals surface area contributed by atoms with Gasteiger partial charge in [0.2, 0.25) is 5.95 Å². The number of anilines is 1. The van der Waals surface area contributed by atoms with Crippen LogP contribution in [0.4, 0.5) is 10.9 Å². The molecule has 0 atom stereocenters. The van der Waals surface area contributed by atoms with Gasteiger partial charge in [-0.1, -0.05) is 23.1 Å². The second-order valence-electron chi connectivity index (χ2n) is 2.90. The van der Waals surface area contributed by atoms with Crippen molar-refractivity contribution in [2.45, 2.75) is 5.16 Å². The van der Waals surface area contributed by atoms with E-state index in [4.69, 9.17) is 5.73 Å². The zero-order valence-electron chi connectivity index (χ0n) is 8.65. The molecule has 2 heterocycles. The van der Waals surface area contributed by atoms with Gasteiger partial charge in [-0.15, -0.1) is 0 Å². The molecule has 0 radical (unpaired) electrons. The Morgan fingerprint density at radius 3 is 2.76 bits per heavy atom. The zero-order valence-corrected chi connectivity index (χ0v) is 10.3. The second-order valence-corrected chi connectivity index (χ2v) is 4.73. The van der Waals surface area contributed by atoms with Gasteiger partial charge in [0.1, 0.15) is 0 Å². The Morgan fingerprint density at radius 2 is 2.18 bits per heavy atom. The monoisotopic (exact) mass is 269 g/mol. The van der Waals surface area contributed by atoms with Gasteiger partial charge >= 0.3 is 5.00 Å². The fraction of sp³-hybridized carbons (Fsp3) is 0.125. The molecular weight excluding hydrogens is 262 g/mol. The number of hydrogen-bond donors (Lipinski definition) is 1. The maximum absolute atomic E-state index is 10.6. The summed E-state index contributed by atoms with van der Waals surface area (Å²) in [7, 11) is 0. The van der Waals surface area contributed by atoms with E-state index in [9.17, 15) is 10.1 Å². The normalized spacial score (nSPS) is 10.4. The molecule has 2 N–H and O–H groups in total. The lowest BCUT2D eigenvalue weighted by Gasteiger charge is -1.99. The quantitative estimate of drug-likeness (QED) is 0.514. The fourth-order valence-corrected chi connectivity index (χ4v) is 2.24. The highest BCUT2D eigenvalue weighted by Gasteiger charge is 2.14. The van der Waals surface area contributed by atoms with Crippen molar-refractivity contribution in [2.24, 2.45) is 0 Å². The molecule has 0 unspecified atom stereocenters. The van der Waals surface area contributed by atoms with E-state index < -0.39 is 4.92 Å². The van der Waals surface area contributed by atoms with Gasteiger partial charge in [-0.2, -0.15) is 9.97 Å². The van der Waals surface area contributed by atoms with Crippen LogP contribution in [-0.4, -0.2) is 26.1 Å². The summed E-state index contributed by atoms with van der Waals surface area (Å²) in [6.07, 6.45) is 1.81. The van der Waals surface area contributed by atoms with Crippen molar-refractivity contribution in [3.63, 3.8) is 0 Å². The maximum atomic E-state index is 10.6. The van der Waals surface area contributed by atoms with Gasteiger partial charge in [0.25, 0.3) is 0 Å². The predicted molar refractivity (Wildman–Crippen MR) is 66.0 cm³/mol. The summed E-state index contributed by atoms with van der Waals surface area (Å²) in [5, 5.41) is 11.1. The molecule has 0 aromatic carbocycles. The molecular formula is C8H7N5O2S2. The minimum Gasteiger partial charge on any atom is -0.368 e. The summed E-state index contributed by atoms with van der Waals surface area (Å²) in [5.41, 5.74) is 5.53. The number of nitrogens with two attached hydrogens (primary N) is 1. The number of nitrogen functional groups attached to an aromatic ring is 1. The van der Waals surface area contributed by atoms with Crippen molar-refractivity contribution in [3.8, 4) is 10.7 Å². The van der Waals surface area contributed by atoms with Crippen molar-refractivity contribution in [1.82, 2.24) is 15.0 Å². The van der Waals surface area contributed by atoms with Gasteiger partial charge in [0, 0.05) is 6.07 Å². The smallest absolute Gasteiger partial charge is 0.324 e. The van der Waals surface area contributed by atoms with Crippen LogP contribution < -0.4 is 5.73 Å². The highest BCUT2D eigenvalue weighted by molar-refractivity contribution is 7.98. The van der Waals surface area contributed by atoms with E-state index in [1.54, 1.807) is 6.07 Å². The summed E-state index contributed by atoms with van der Waals surface area (Å²) in [6, 6.07) is 3.01. The van der Waals surface area contributed by atoms with Gasteiger partial charge < -0.3 is 5.73 Å². The highest BCUT2D eigenvalue weighted by atomic mass is 32.2. The van der Waals surface area contributed by atoms with Crippen LogP contribution in [-0.2, 0) is 0 Å². The van der Waals surface area contributed by atoms with E-state index in [2.05, 4.69) is 15.0 Å². The Bertz CT molecular complexity index is 571. The van der Waals surface area contributed by atoms with E-state index >= 15 is 0 Å². The van der Waals surface area contributed by atoms with Gasteiger partial charge in [-0.05, 0) is 12.3 Å². The number of rotatable bonds is 3. The van der Waals surface area contributed by atoms with E-state index in [-0.39, 0.29) is 10.9 Å². The van der Waals surface area contributed by atoms with Crippen LogP contribution >= 0.6 is 23.1 Å². The molecule has 0 amide bonds. The molecule has 7 nitrogen and oxygen atoms in total. The van der Waals surface area contributed by atoms with E-state index in [0.29, 0.717) is 15.9 Å². The van der Waals surface area contributed by atoms with Crippen LogP contribution in [0, 0.1) is 10.1 Å². The van der Waals surface area contributed by atoms with E-state index in [1.807, 2.05) is 6.26 Å². The SMILES string of the molecule is CSc1nc(N)nc(-c2ccc([N+](=O)[O-])s2)n1. The minimum atomic E-state index is -0.450. The summed E-state index contributed by atoms with van der Waals surface area (Å²) in [4.78, 5) is 22.7. The van der Waals surface area contributed by atoms with E-state index in [0.717, 1.165) is 11.3 Å². The summed E-state index contributed by atoms with van der Waals surface area (Å²) < 4.78 is 0. The molecule has 88 valence electrons. The summed E-state index contributed by atoms with van der Waals surface area (Å²) >= 11 is 2.34. The summed E-state index contributed by atoms with van der Waals surface area (Å²) in [6.45, 7) is 0. The Kier molecular flexibility index (Phi) is 3.20. The van der Waals surface area contributed by atoms with Crippen molar-refractivity contribution < 1.29 is 4.92 Å². The van der Waals surface area contributed by atoms with Crippen LogP contribution in [0.25, 0.3) is 10.7 Å². The van der Waals surface area contributed by atoms with Crippen molar-refractivity contribution in [1.29, 1.82) is 0 Å². The first-order valence-electron chi connectivity index (χ1n) is 4.40. The van der Waals surface area contributed by atoms with Gasteiger partial charge in [0.15, 0.2) is 11.0 Å². The maximum Gasteiger partial charge on any atom is 0.324 e. The first-order chi connectivity index (χ1) is 8.10. The number of nitrogens with zero attached hydrogens (tertiary/aromatic N) is 4. The van der Waals surface area contributed by atoms with E-state index in [1.165, 1.54) is 17.8 Å². The van der Waals surface area contributed by atoms with Crippen LogP contribution in [0.15, 0.2) is 17.3 Å². The number of nitro groups is 1. The van der Waals surface area contributed by atoms with Crippen LogP contribution in [0.3, 0.4) is 0 Å². The number of thiophene rings is 1. The molecule has 0 saturated carbocycles. The lowest BCUT2D eigenvalue weighted by atomic mass is 10.4. The molecule has 2 aromatic rings. The molecule has 0 fully saturated rings. The highest BCUT2D eigenvalue weighted by Crippen LogP contribution is 2.31. The molecule has 0 saturated heterocycles. The Morgan fingerprint density at radius 1 is 1.41 bits per heavy atom. The molecule has 0 aliphatic heterocycles. The average molecular weight is 269 g/mol. The fourth-order valence-electron chi connectivity index (χ4n) is 1.12. The molecule has 0 spiro atoms. The number of thioether (sulfide) groups is 1. The first-order valence-corrected chi connectivity index (χ1v) is 6.44. The van der Waals surface area contributed by atoms with Crippen LogP contribution in [0.2, 0.25) is 0 Å². The predicted octanol–water partition coefficient (Wildman–Crippen LogP) is 1.81. The standard InChI is InChI=1S/C8H7N5O2S2/c1-16-8-11-6(10-7(9)12-8)4-2-3-5(17-4)13(14)15/h2-3H,1H3,(H2,9,10,11,12). The van der Waals surface area contributed by atoms with Gasteiger partial charge in [0.05, 0.1) is 9.80 Å². The molecule has 0 bridgehead atoms. The van der Waals surface area contributed by atoms with Gasteiger partial charge in [-0.25, -0.2) is 4.98 Å².